The van der Waals surface area contributed by atoms with Gasteiger partial charge in [-0.1, -0.05) is 49.7 Å². The quantitative estimate of drug-likeness (QED) is 0.354. The summed E-state index contributed by atoms with van der Waals surface area (Å²) in [6.45, 7) is 4.59. The third kappa shape index (κ3) is 8.44. The molecule has 0 aromatic heterocycles. The molecular weight excluding hydrogens is 570 g/mol. The molecule has 0 spiro atoms. The van der Waals surface area contributed by atoms with Crippen molar-refractivity contribution >= 4 is 58.1 Å². The maximum atomic E-state index is 13.9. The molecule has 3 N–H and O–H groups in total. The van der Waals surface area contributed by atoms with Crippen LogP contribution in [-0.2, 0) is 24.0 Å². The normalized spacial score (nSPS) is 20.4. The Labute approximate surface area is 256 Å². The van der Waals surface area contributed by atoms with Gasteiger partial charge in [-0.05, 0) is 62.1 Å². The van der Waals surface area contributed by atoms with Gasteiger partial charge in [0.05, 0.1) is 17.9 Å². The molecule has 2 heterocycles. The van der Waals surface area contributed by atoms with Crippen LogP contribution in [0.15, 0.2) is 60.7 Å². The fraction of sp³-hybridized carbons (Fsp3) is 0.406. The average Bonchev–Trinajstić information content (AvgIpc) is 3.00. The Kier molecular flexibility index (Phi) is 10.9. The molecule has 4 rings (SSSR count). The largest absolute Gasteiger partial charge is 0.356 e. The standard InChI is InChI=1S/C32H38ClN5O5/c1-21(2)32(43)37-18-19-38(23-16-14-22(33)15-17-23)27(20-37)30(41)36-26-12-6-4-3-5-7-13-28(39)34-24-10-8-9-11-25(24)35-31(42)29(26)40/h4,6,8-11,14-17,21,26-27H,3,5,7,12-13,18-20H2,1-2H3,(H,34,39)(H,35,42)(H,36,41)/t26-,27-/m1/s1. The smallest absolute Gasteiger partial charge is 0.294 e. The van der Waals surface area contributed by atoms with Crippen molar-refractivity contribution in [3.63, 3.8) is 0 Å². The van der Waals surface area contributed by atoms with Crippen LogP contribution in [0, 0.1) is 5.92 Å². The van der Waals surface area contributed by atoms with Crippen LogP contribution < -0.4 is 20.9 Å². The molecule has 2 atom stereocenters. The van der Waals surface area contributed by atoms with E-state index >= 15 is 0 Å². The average molecular weight is 608 g/mol. The summed E-state index contributed by atoms with van der Waals surface area (Å²) >= 11 is 6.10. The number of Topliss-reactive ketones (excluding diaryl/α,β-unsaturated/α-hetero) is 1. The molecule has 43 heavy (non-hydrogen) atoms. The number of halogens is 1. The zero-order chi connectivity index (χ0) is 30.9. The van der Waals surface area contributed by atoms with Crippen LogP contribution in [-0.4, -0.2) is 66.0 Å². The number of allylic oxidation sites excluding steroid dienone is 1. The van der Waals surface area contributed by atoms with E-state index in [0.29, 0.717) is 43.1 Å². The molecule has 228 valence electrons. The maximum Gasteiger partial charge on any atom is 0.294 e. The van der Waals surface area contributed by atoms with Gasteiger partial charge in [0.1, 0.15) is 12.1 Å². The number of rotatable bonds is 4. The lowest BCUT2D eigenvalue weighted by atomic mass is 10.0. The van der Waals surface area contributed by atoms with Crippen LogP contribution in [0.25, 0.3) is 0 Å². The van der Waals surface area contributed by atoms with Gasteiger partial charge in [0, 0.05) is 36.1 Å². The minimum Gasteiger partial charge on any atom is -0.356 e. The van der Waals surface area contributed by atoms with E-state index < -0.39 is 29.7 Å². The molecule has 0 unspecified atom stereocenters. The summed E-state index contributed by atoms with van der Waals surface area (Å²) in [6, 6.07) is 11.8. The summed E-state index contributed by atoms with van der Waals surface area (Å²) in [5.41, 5.74) is 1.43. The van der Waals surface area contributed by atoms with Gasteiger partial charge in [-0.2, -0.15) is 0 Å². The second-order valence-corrected chi connectivity index (χ2v) is 11.5. The minimum atomic E-state index is -1.14. The van der Waals surface area contributed by atoms with E-state index in [1.165, 1.54) is 0 Å². The van der Waals surface area contributed by atoms with Crippen LogP contribution in [0.1, 0.15) is 46.0 Å². The van der Waals surface area contributed by atoms with Crippen molar-refractivity contribution in [2.75, 3.05) is 35.2 Å². The number of carbonyl (C=O) groups excluding carboxylic acids is 5. The van der Waals surface area contributed by atoms with Crippen LogP contribution in [0.2, 0.25) is 5.02 Å². The van der Waals surface area contributed by atoms with Crippen LogP contribution >= 0.6 is 11.6 Å². The molecule has 2 aliphatic heterocycles. The first kappa shape index (κ1) is 31.7. The number of nitrogens with one attached hydrogen (secondary N) is 3. The molecule has 10 nitrogen and oxygen atoms in total. The van der Waals surface area contributed by atoms with Gasteiger partial charge in [0.2, 0.25) is 23.5 Å². The Hall–Kier alpha value is -4.18. The van der Waals surface area contributed by atoms with Crippen molar-refractivity contribution in [1.29, 1.82) is 0 Å². The number of hydrogen-bond acceptors (Lipinski definition) is 6. The van der Waals surface area contributed by atoms with Gasteiger partial charge < -0.3 is 25.8 Å². The van der Waals surface area contributed by atoms with Gasteiger partial charge in [0.15, 0.2) is 0 Å². The van der Waals surface area contributed by atoms with Gasteiger partial charge in [0.25, 0.3) is 5.91 Å². The van der Waals surface area contributed by atoms with E-state index in [1.54, 1.807) is 47.4 Å². The molecule has 1 fully saturated rings. The highest BCUT2D eigenvalue weighted by molar-refractivity contribution is 6.43. The van der Waals surface area contributed by atoms with Crippen molar-refractivity contribution < 1.29 is 24.0 Å². The van der Waals surface area contributed by atoms with Gasteiger partial charge in [-0.25, -0.2) is 0 Å². The molecule has 1 saturated heterocycles. The Morgan fingerprint density at radius 3 is 2.33 bits per heavy atom. The number of benzene rings is 2. The molecule has 2 aromatic rings. The van der Waals surface area contributed by atoms with Crippen molar-refractivity contribution in [2.24, 2.45) is 5.92 Å². The number of anilines is 3. The predicted molar refractivity (Wildman–Crippen MR) is 167 cm³/mol. The molecule has 0 aliphatic carbocycles. The summed E-state index contributed by atoms with van der Waals surface area (Å²) in [6.07, 6.45) is 6.23. The SMILES string of the molecule is CC(C)C(=O)N1CCN(c2ccc(Cl)cc2)[C@@H](C(=O)N[C@@H]2CC=CCCCCC(=O)Nc3ccccc3NC(=O)C2=O)C1. The van der Waals surface area contributed by atoms with Crippen LogP contribution in [0.4, 0.5) is 17.1 Å². The van der Waals surface area contributed by atoms with Gasteiger partial charge >= 0.3 is 0 Å². The molecule has 4 amide bonds. The lowest BCUT2D eigenvalue weighted by Crippen LogP contribution is -2.62. The second-order valence-electron chi connectivity index (χ2n) is 11.1. The number of hydrogen-bond donors (Lipinski definition) is 3. The molecule has 0 saturated carbocycles. The lowest BCUT2D eigenvalue weighted by molar-refractivity contribution is -0.138. The molecular formula is C32H38ClN5O5. The predicted octanol–water partition coefficient (Wildman–Crippen LogP) is 4.16. The molecule has 2 aromatic carbocycles. The van der Waals surface area contributed by atoms with E-state index in [4.69, 9.17) is 11.6 Å². The maximum absolute atomic E-state index is 13.9. The fourth-order valence-electron chi connectivity index (χ4n) is 5.17. The highest BCUT2D eigenvalue weighted by Crippen LogP contribution is 2.25. The summed E-state index contributed by atoms with van der Waals surface area (Å²) in [4.78, 5) is 69.4. The van der Waals surface area contributed by atoms with Crippen LogP contribution in [0.3, 0.4) is 0 Å². The first-order chi connectivity index (χ1) is 20.6. The summed E-state index contributed by atoms with van der Waals surface area (Å²) in [5.74, 6) is -2.69. The van der Waals surface area contributed by atoms with Crippen LogP contribution in [0.5, 0.6) is 0 Å². The van der Waals surface area contributed by atoms with Gasteiger partial charge in [-0.15, -0.1) is 0 Å². The molecule has 11 heteroatoms. The van der Waals surface area contributed by atoms with Crippen molar-refractivity contribution in [3.8, 4) is 0 Å². The third-order valence-electron chi connectivity index (χ3n) is 7.52. The summed E-state index contributed by atoms with van der Waals surface area (Å²) in [7, 11) is 0. The molecule has 0 radical (unpaired) electrons. The van der Waals surface area contributed by atoms with Crippen molar-refractivity contribution in [1.82, 2.24) is 10.2 Å². The second kappa shape index (κ2) is 14.8. The topological polar surface area (TPSA) is 128 Å². The highest BCUT2D eigenvalue weighted by Gasteiger charge is 2.37. The number of fused-ring (bicyclic) bond motifs is 1. The van der Waals surface area contributed by atoms with E-state index in [-0.39, 0.29) is 36.4 Å². The number of carbonyl (C=O) groups is 5. The number of para-hydroxylation sites is 2. The van der Waals surface area contributed by atoms with E-state index in [1.807, 2.05) is 37.0 Å². The van der Waals surface area contributed by atoms with Gasteiger partial charge in [-0.3, -0.25) is 24.0 Å². The first-order valence-corrected chi connectivity index (χ1v) is 15.0. The zero-order valence-corrected chi connectivity index (χ0v) is 25.2. The first-order valence-electron chi connectivity index (χ1n) is 14.6. The third-order valence-corrected chi connectivity index (χ3v) is 7.77. The molecule has 2 aliphatic rings. The monoisotopic (exact) mass is 607 g/mol. The Morgan fingerprint density at radius 2 is 1.63 bits per heavy atom. The van der Waals surface area contributed by atoms with E-state index in [9.17, 15) is 24.0 Å². The minimum absolute atomic E-state index is 0.0633. The Bertz CT molecular complexity index is 1380. The van der Waals surface area contributed by atoms with Crippen molar-refractivity contribution in [3.05, 3.63) is 65.7 Å². The number of amides is 4. The highest BCUT2D eigenvalue weighted by atomic mass is 35.5. The Balaban J connectivity index is 1.59. The number of ketones is 1. The Morgan fingerprint density at radius 1 is 0.930 bits per heavy atom. The van der Waals surface area contributed by atoms with E-state index in [0.717, 1.165) is 12.1 Å². The number of nitrogens with zero attached hydrogens (tertiary/aromatic N) is 2. The zero-order valence-electron chi connectivity index (χ0n) is 24.5. The lowest BCUT2D eigenvalue weighted by Gasteiger charge is -2.42. The summed E-state index contributed by atoms with van der Waals surface area (Å²) in [5, 5.41) is 8.77. The fourth-order valence-corrected chi connectivity index (χ4v) is 5.29. The molecule has 0 bridgehead atoms. The number of piperazine rings is 1. The summed E-state index contributed by atoms with van der Waals surface area (Å²) < 4.78 is 0. The van der Waals surface area contributed by atoms with Crippen molar-refractivity contribution in [2.45, 2.75) is 58.0 Å². The van der Waals surface area contributed by atoms with E-state index in [2.05, 4.69) is 16.0 Å².